The van der Waals surface area contributed by atoms with E-state index in [1.165, 1.54) is 6.20 Å². The fourth-order valence-corrected chi connectivity index (χ4v) is 1.36. The molecule has 0 aliphatic rings. The monoisotopic (exact) mass is 209 g/mol. The first-order chi connectivity index (χ1) is 7.09. The first kappa shape index (κ1) is 9.64. The van der Waals surface area contributed by atoms with Gasteiger partial charge < -0.3 is 10.3 Å². The molecular formula is C10H9F2N3. The number of hydrogen-bond donors (Lipinski definition) is 1. The molecule has 0 radical (unpaired) electrons. The number of aromatic nitrogens is 2. The Bertz CT molecular complexity index is 505. The first-order valence-electron chi connectivity index (χ1n) is 4.32. The molecule has 2 rings (SSSR count). The maximum Gasteiger partial charge on any atom is 0.147 e. The highest BCUT2D eigenvalue weighted by molar-refractivity contribution is 5.60. The van der Waals surface area contributed by atoms with Crippen molar-refractivity contribution in [3.63, 3.8) is 0 Å². The largest absolute Gasteiger partial charge is 0.396 e. The molecule has 2 aromatic rings. The summed E-state index contributed by atoms with van der Waals surface area (Å²) in [7, 11) is 1.70. The zero-order chi connectivity index (χ0) is 11.0. The van der Waals surface area contributed by atoms with Crippen LogP contribution in [0.1, 0.15) is 0 Å². The summed E-state index contributed by atoms with van der Waals surface area (Å²) in [6, 6.07) is 2.01. The third-order valence-corrected chi connectivity index (χ3v) is 2.15. The van der Waals surface area contributed by atoms with Gasteiger partial charge in [0.05, 0.1) is 11.3 Å². The molecule has 5 heteroatoms. The van der Waals surface area contributed by atoms with Crippen molar-refractivity contribution in [2.24, 2.45) is 7.05 Å². The molecule has 0 aliphatic heterocycles. The number of halogens is 2. The first-order valence-corrected chi connectivity index (χ1v) is 4.32. The summed E-state index contributed by atoms with van der Waals surface area (Å²) in [5.74, 6) is -0.857. The van der Waals surface area contributed by atoms with E-state index in [1.807, 2.05) is 0 Å². The third kappa shape index (κ3) is 1.56. The van der Waals surface area contributed by atoms with Crippen molar-refractivity contribution in [3.8, 4) is 11.4 Å². The Morgan fingerprint density at radius 1 is 1.27 bits per heavy atom. The zero-order valence-corrected chi connectivity index (χ0v) is 8.04. The summed E-state index contributed by atoms with van der Waals surface area (Å²) in [4.78, 5) is 3.93. The van der Waals surface area contributed by atoms with Crippen molar-refractivity contribution in [1.29, 1.82) is 0 Å². The molecule has 3 nitrogen and oxygen atoms in total. The molecule has 0 fully saturated rings. The second-order valence-electron chi connectivity index (χ2n) is 3.22. The lowest BCUT2D eigenvalue weighted by atomic mass is 10.1. The predicted molar refractivity (Wildman–Crippen MR) is 53.0 cm³/mol. The van der Waals surface area contributed by atoms with E-state index in [-0.39, 0.29) is 11.3 Å². The van der Waals surface area contributed by atoms with Crippen molar-refractivity contribution >= 4 is 5.69 Å². The summed E-state index contributed by atoms with van der Waals surface area (Å²) in [6.07, 6.45) is 3.17. The van der Waals surface area contributed by atoms with Gasteiger partial charge in [-0.25, -0.2) is 13.8 Å². The molecule has 15 heavy (non-hydrogen) atoms. The van der Waals surface area contributed by atoms with Crippen molar-refractivity contribution in [2.45, 2.75) is 0 Å². The summed E-state index contributed by atoms with van der Waals surface area (Å²) in [5, 5.41) is 0. The van der Waals surface area contributed by atoms with E-state index < -0.39 is 11.6 Å². The molecule has 1 aromatic carbocycles. The number of hydrogen-bond acceptors (Lipinski definition) is 2. The van der Waals surface area contributed by atoms with E-state index in [1.54, 1.807) is 17.8 Å². The molecule has 0 saturated carbocycles. The van der Waals surface area contributed by atoms with E-state index in [2.05, 4.69) is 4.98 Å². The number of nitrogen functional groups attached to an aromatic ring is 1. The molecule has 0 bridgehead atoms. The van der Waals surface area contributed by atoms with Crippen molar-refractivity contribution in [2.75, 3.05) is 5.73 Å². The van der Waals surface area contributed by atoms with Crippen LogP contribution in [-0.4, -0.2) is 9.55 Å². The van der Waals surface area contributed by atoms with Crippen LogP contribution in [0, 0.1) is 11.6 Å². The van der Waals surface area contributed by atoms with Crippen LogP contribution in [0.5, 0.6) is 0 Å². The maximum absolute atomic E-state index is 13.5. The Labute approximate surface area is 85.2 Å². The standard InChI is InChI=1S/C10H9F2N3/c1-15-3-2-14-10(15)6-4-8(12)9(13)5-7(6)11/h2-5H,13H2,1H3. The fraction of sp³-hybridized carbons (Fsp3) is 0.100. The molecule has 0 atom stereocenters. The number of rotatable bonds is 1. The lowest BCUT2D eigenvalue weighted by Crippen LogP contribution is -1.98. The molecular weight excluding hydrogens is 200 g/mol. The maximum atomic E-state index is 13.5. The summed E-state index contributed by atoms with van der Waals surface area (Å²) in [6.45, 7) is 0. The highest BCUT2D eigenvalue weighted by Gasteiger charge is 2.12. The minimum absolute atomic E-state index is 0.106. The molecule has 0 unspecified atom stereocenters. The van der Waals surface area contributed by atoms with Crippen LogP contribution in [0.15, 0.2) is 24.5 Å². The van der Waals surface area contributed by atoms with Gasteiger partial charge in [0.25, 0.3) is 0 Å². The van der Waals surface area contributed by atoms with Crippen LogP contribution >= 0.6 is 0 Å². The Kier molecular flexibility index (Phi) is 2.15. The molecule has 1 aromatic heterocycles. The van der Waals surface area contributed by atoms with Crippen LogP contribution in [0.25, 0.3) is 11.4 Å². The van der Waals surface area contributed by atoms with Gasteiger partial charge in [-0.3, -0.25) is 0 Å². The summed E-state index contributed by atoms with van der Waals surface area (Å²) >= 11 is 0. The van der Waals surface area contributed by atoms with Crippen molar-refractivity contribution < 1.29 is 8.78 Å². The van der Waals surface area contributed by atoms with Gasteiger partial charge in [0, 0.05) is 25.5 Å². The summed E-state index contributed by atoms with van der Waals surface area (Å²) < 4.78 is 28.2. The van der Waals surface area contributed by atoms with Gasteiger partial charge in [-0.2, -0.15) is 0 Å². The number of nitrogens with zero attached hydrogens (tertiary/aromatic N) is 2. The third-order valence-electron chi connectivity index (χ3n) is 2.15. The topological polar surface area (TPSA) is 43.8 Å². The van der Waals surface area contributed by atoms with Gasteiger partial charge in [0.1, 0.15) is 17.5 Å². The molecule has 0 spiro atoms. The number of benzene rings is 1. The van der Waals surface area contributed by atoms with Crippen LogP contribution in [0.3, 0.4) is 0 Å². The lowest BCUT2D eigenvalue weighted by Gasteiger charge is -2.05. The normalized spacial score (nSPS) is 10.6. The van der Waals surface area contributed by atoms with Crippen LogP contribution in [-0.2, 0) is 7.05 Å². The summed E-state index contributed by atoms with van der Waals surface area (Å²) in [5.41, 5.74) is 5.14. The van der Waals surface area contributed by atoms with Gasteiger partial charge in [-0.15, -0.1) is 0 Å². The van der Waals surface area contributed by atoms with Crippen LogP contribution in [0.4, 0.5) is 14.5 Å². The SMILES string of the molecule is Cn1ccnc1-c1cc(F)c(N)cc1F. The smallest absolute Gasteiger partial charge is 0.147 e. The Balaban J connectivity index is 2.64. The van der Waals surface area contributed by atoms with E-state index in [0.29, 0.717) is 5.82 Å². The zero-order valence-electron chi connectivity index (χ0n) is 8.04. The molecule has 1 heterocycles. The average Bonchev–Trinajstić information content (AvgIpc) is 2.58. The minimum atomic E-state index is -0.644. The highest BCUT2D eigenvalue weighted by Crippen LogP contribution is 2.24. The van der Waals surface area contributed by atoms with Crippen molar-refractivity contribution in [1.82, 2.24) is 9.55 Å². The second kappa shape index (κ2) is 3.34. The van der Waals surface area contributed by atoms with Crippen LogP contribution < -0.4 is 5.73 Å². The number of nitrogens with two attached hydrogens (primary N) is 1. The fourth-order valence-electron chi connectivity index (χ4n) is 1.36. The van der Waals surface area contributed by atoms with Gasteiger partial charge in [0.2, 0.25) is 0 Å². The van der Waals surface area contributed by atoms with Gasteiger partial charge in [-0.05, 0) is 6.07 Å². The van der Waals surface area contributed by atoms with Crippen LogP contribution in [0.2, 0.25) is 0 Å². The molecule has 0 amide bonds. The number of anilines is 1. The van der Waals surface area contributed by atoms with E-state index in [9.17, 15) is 8.78 Å². The van der Waals surface area contributed by atoms with E-state index >= 15 is 0 Å². The van der Waals surface area contributed by atoms with E-state index in [0.717, 1.165) is 12.1 Å². The number of aryl methyl sites for hydroxylation is 1. The Hall–Kier alpha value is -1.91. The van der Waals surface area contributed by atoms with Gasteiger partial charge >= 0.3 is 0 Å². The number of imidazole rings is 1. The molecule has 0 saturated heterocycles. The highest BCUT2D eigenvalue weighted by atomic mass is 19.1. The average molecular weight is 209 g/mol. The second-order valence-corrected chi connectivity index (χ2v) is 3.22. The lowest BCUT2D eigenvalue weighted by molar-refractivity contribution is 0.605. The Morgan fingerprint density at radius 2 is 2.00 bits per heavy atom. The predicted octanol–water partition coefficient (Wildman–Crippen LogP) is 1.95. The molecule has 78 valence electrons. The quantitative estimate of drug-likeness (QED) is 0.729. The molecule has 2 N–H and O–H groups in total. The van der Waals surface area contributed by atoms with Gasteiger partial charge in [0.15, 0.2) is 0 Å². The molecule has 0 aliphatic carbocycles. The van der Waals surface area contributed by atoms with Gasteiger partial charge in [-0.1, -0.05) is 0 Å². The van der Waals surface area contributed by atoms with Crippen molar-refractivity contribution in [3.05, 3.63) is 36.2 Å². The van der Waals surface area contributed by atoms with E-state index in [4.69, 9.17) is 5.73 Å². The Morgan fingerprint density at radius 3 is 2.60 bits per heavy atom. The minimum Gasteiger partial charge on any atom is -0.396 e.